The lowest BCUT2D eigenvalue weighted by Gasteiger charge is -1.91. The molecule has 66 valence electrons. The maximum Gasteiger partial charge on any atom is 0.235 e. The number of Topliss-reactive ketones (excluding diaryl/α,β-unsaturated/α-hetero) is 1. The maximum atomic E-state index is 11.3. The van der Waals surface area contributed by atoms with Crippen molar-refractivity contribution >= 4 is 5.78 Å². The molecule has 0 heterocycles. The van der Waals surface area contributed by atoms with Crippen molar-refractivity contribution in [1.82, 2.24) is 0 Å². The molecule has 0 aromatic heterocycles. The van der Waals surface area contributed by atoms with Gasteiger partial charge in [-0.2, -0.15) is 0 Å². The molecule has 0 aliphatic heterocycles. The molecule has 0 bridgehead atoms. The van der Waals surface area contributed by atoms with Crippen molar-refractivity contribution in [2.45, 2.75) is 13.0 Å². The van der Waals surface area contributed by atoms with Gasteiger partial charge < -0.3 is 5.11 Å². The first-order chi connectivity index (χ1) is 6.20. The van der Waals surface area contributed by atoms with Crippen molar-refractivity contribution < 1.29 is 9.90 Å². The Balaban J connectivity index is 2.78. The monoisotopic (exact) mass is 174 g/mol. The van der Waals surface area contributed by atoms with Gasteiger partial charge in [-0.25, -0.2) is 0 Å². The summed E-state index contributed by atoms with van der Waals surface area (Å²) in [5, 5.41) is 8.82. The van der Waals surface area contributed by atoms with Gasteiger partial charge in [-0.15, -0.1) is 0 Å². The third kappa shape index (κ3) is 3.10. The number of hydrogen-bond donors (Lipinski definition) is 1. The molecule has 1 aromatic rings. The summed E-state index contributed by atoms with van der Waals surface area (Å²) in [6.07, 6.45) is -0.757. The van der Waals surface area contributed by atoms with E-state index < -0.39 is 6.10 Å². The molecule has 2 nitrogen and oxygen atoms in total. The van der Waals surface area contributed by atoms with E-state index in [1.54, 1.807) is 24.3 Å². The number of carbonyl (C=O) groups excluding carboxylic acids is 1. The Labute approximate surface area is 77.2 Å². The lowest BCUT2D eigenvalue weighted by molar-refractivity contribution is 0.105. The summed E-state index contributed by atoms with van der Waals surface area (Å²) in [6.45, 7) is 1.52. The molecule has 1 N–H and O–H groups in total. The minimum Gasteiger partial charge on any atom is -0.381 e. The zero-order valence-corrected chi connectivity index (χ0v) is 7.32. The van der Waals surface area contributed by atoms with Crippen LogP contribution in [0.3, 0.4) is 0 Å². The van der Waals surface area contributed by atoms with Gasteiger partial charge in [0.2, 0.25) is 5.78 Å². The standard InChI is InChI=1S/C11H10O2/c1-9(12)7-8-11(13)10-5-3-2-4-6-10/h2-6,9,12H,1H3/t9-/m0/s1. The van der Waals surface area contributed by atoms with Gasteiger partial charge in [-0.3, -0.25) is 4.79 Å². The van der Waals surface area contributed by atoms with Gasteiger partial charge in [-0.05, 0) is 12.8 Å². The topological polar surface area (TPSA) is 37.3 Å². The predicted molar refractivity (Wildman–Crippen MR) is 50.2 cm³/mol. The van der Waals surface area contributed by atoms with Crippen LogP contribution in [0, 0.1) is 11.8 Å². The van der Waals surface area contributed by atoms with E-state index in [1.165, 1.54) is 6.92 Å². The molecule has 0 aliphatic carbocycles. The lowest BCUT2D eigenvalue weighted by Crippen LogP contribution is -1.98. The average Bonchev–Trinajstić information content (AvgIpc) is 2.15. The molecule has 0 fully saturated rings. The van der Waals surface area contributed by atoms with Crippen LogP contribution in [-0.4, -0.2) is 17.0 Å². The van der Waals surface area contributed by atoms with Crippen LogP contribution in [0.5, 0.6) is 0 Å². The van der Waals surface area contributed by atoms with E-state index in [1.807, 2.05) is 6.07 Å². The van der Waals surface area contributed by atoms with Gasteiger partial charge in [0.15, 0.2) is 0 Å². The van der Waals surface area contributed by atoms with Gasteiger partial charge in [-0.1, -0.05) is 36.3 Å². The van der Waals surface area contributed by atoms with Crippen LogP contribution < -0.4 is 0 Å². The predicted octanol–water partition coefficient (Wildman–Crippen LogP) is 1.25. The smallest absolute Gasteiger partial charge is 0.235 e. The van der Waals surface area contributed by atoms with Crippen molar-refractivity contribution in [3.8, 4) is 11.8 Å². The molecule has 0 saturated heterocycles. The fourth-order valence-electron chi connectivity index (χ4n) is 0.832. The molecule has 0 spiro atoms. The van der Waals surface area contributed by atoms with Crippen molar-refractivity contribution in [2.24, 2.45) is 0 Å². The van der Waals surface area contributed by atoms with Crippen LogP contribution in [0.25, 0.3) is 0 Å². The largest absolute Gasteiger partial charge is 0.381 e. The zero-order chi connectivity index (χ0) is 9.68. The van der Waals surface area contributed by atoms with Crippen molar-refractivity contribution in [2.75, 3.05) is 0 Å². The number of rotatable bonds is 1. The molecular weight excluding hydrogens is 164 g/mol. The highest BCUT2D eigenvalue weighted by molar-refractivity contribution is 6.08. The summed E-state index contributed by atoms with van der Waals surface area (Å²) in [7, 11) is 0. The summed E-state index contributed by atoms with van der Waals surface area (Å²) in [4.78, 5) is 11.3. The fraction of sp³-hybridized carbons (Fsp3) is 0.182. The van der Waals surface area contributed by atoms with Gasteiger partial charge in [0.05, 0.1) is 0 Å². The number of aliphatic hydroxyl groups is 1. The number of aliphatic hydroxyl groups excluding tert-OH is 1. The normalized spacial score (nSPS) is 11.2. The van der Waals surface area contributed by atoms with Crippen LogP contribution >= 0.6 is 0 Å². The Bertz CT molecular complexity index is 341. The Hall–Kier alpha value is -1.59. The summed E-state index contributed by atoms with van der Waals surface area (Å²) in [6, 6.07) is 8.77. The Morgan fingerprint density at radius 2 is 2.00 bits per heavy atom. The maximum absolute atomic E-state index is 11.3. The summed E-state index contributed by atoms with van der Waals surface area (Å²) in [5.74, 6) is 4.50. The quantitative estimate of drug-likeness (QED) is 0.395. The lowest BCUT2D eigenvalue weighted by atomic mass is 10.1. The number of benzene rings is 1. The van der Waals surface area contributed by atoms with Crippen LogP contribution in [0.1, 0.15) is 17.3 Å². The minimum atomic E-state index is -0.757. The van der Waals surface area contributed by atoms with Gasteiger partial charge in [0.1, 0.15) is 6.10 Å². The first-order valence-corrected chi connectivity index (χ1v) is 3.99. The second-order valence-electron chi connectivity index (χ2n) is 2.64. The SMILES string of the molecule is C[C@H](O)C#CC(=O)c1ccccc1. The van der Waals surface area contributed by atoms with Crippen LogP contribution in [0.4, 0.5) is 0 Å². The second-order valence-corrected chi connectivity index (χ2v) is 2.64. The Morgan fingerprint density at radius 1 is 1.38 bits per heavy atom. The molecule has 0 saturated carbocycles. The van der Waals surface area contributed by atoms with E-state index in [0.29, 0.717) is 5.56 Å². The fourth-order valence-corrected chi connectivity index (χ4v) is 0.832. The van der Waals surface area contributed by atoms with Gasteiger partial charge >= 0.3 is 0 Å². The molecule has 2 heteroatoms. The minimum absolute atomic E-state index is 0.262. The molecule has 0 radical (unpaired) electrons. The van der Waals surface area contributed by atoms with Crippen LogP contribution in [-0.2, 0) is 0 Å². The number of ketones is 1. The molecule has 13 heavy (non-hydrogen) atoms. The third-order valence-electron chi connectivity index (χ3n) is 1.43. The van der Waals surface area contributed by atoms with E-state index in [4.69, 9.17) is 5.11 Å². The summed E-state index contributed by atoms with van der Waals surface area (Å²) < 4.78 is 0. The molecule has 0 amide bonds. The van der Waals surface area contributed by atoms with E-state index in [2.05, 4.69) is 11.8 Å². The Morgan fingerprint density at radius 3 is 2.54 bits per heavy atom. The van der Waals surface area contributed by atoms with Gasteiger partial charge in [0, 0.05) is 5.56 Å². The highest BCUT2D eigenvalue weighted by atomic mass is 16.3. The number of hydrogen-bond acceptors (Lipinski definition) is 2. The number of carbonyl (C=O) groups is 1. The highest BCUT2D eigenvalue weighted by Gasteiger charge is 1.99. The highest BCUT2D eigenvalue weighted by Crippen LogP contribution is 1.98. The molecule has 1 atom stereocenters. The molecule has 1 aromatic carbocycles. The van der Waals surface area contributed by atoms with Crippen molar-refractivity contribution in [3.05, 3.63) is 35.9 Å². The zero-order valence-electron chi connectivity index (χ0n) is 7.32. The molecule has 0 unspecified atom stereocenters. The molecular formula is C11H10O2. The van der Waals surface area contributed by atoms with E-state index >= 15 is 0 Å². The second kappa shape index (κ2) is 4.44. The first-order valence-electron chi connectivity index (χ1n) is 3.99. The van der Waals surface area contributed by atoms with Gasteiger partial charge in [0.25, 0.3) is 0 Å². The van der Waals surface area contributed by atoms with Crippen molar-refractivity contribution in [1.29, 1.82) is 0 Å². The summed E-state index contributed by atoms with van der Waals surface area (Å²) >= 11 is 0. The Kier molecular flexibility index (Phi) is 3.24. The van der Waals surface area contributed by atoms with Crippen LogP contribution in [0.2, 0.25) is 0 Å². The molecule has 1 rings (SSSR count). The van der Waals surface area contributed by atoms with E-state index in [0.717, 1.165) is 0 Å². The van der Waals surface area contributed by atoms with Crippen molar-refractivity contribution in [3.63, 3.8) is 0 Å². The third-order valence-corrected chi connectivity index (χ3v) is 1.43. The first kappa shape index (κ1) is 9.50. The van der Waals surface area contributed by atoms with E-state index in [9.17, 15) is 4.79 Å². The van der Waals surface area contributed by atoms with E-state index in [-0.39, 0.29) is 5.78 Å². The van der Waals surface area contributed by atoms with Crippen LogP contribution in [0.15, 0.2) is 30.3 Å². The average molecular weight is 174 g/mol. The molecule has 0 aliphatic rings. The summed E-state index contributed by atoms with van der Waals surface area (Å²) in [5.41, 5.74) is 0.552.